The molecule has 0 unspecified atom stereocenters. The summed E-state index contributed by atoms with van der Waals surface area (Å²) in [5, 5.41) is 5.26. The van der Waals surface area contributed by atoms with Crippen LogP contribution in [0.1, 0.15) is 5.56 Å². The molecule has 0 atom stereocenters. The van der Waals surface area contributed by atoms with E-state index in [2.05, 4.69) is 0 Å². The van der Waals surface area contributed by atoms with Crippen molar-refractivity contribution in [1.29, 1.82) is 0 Å². The van der Waals surface area contributed by atoms with E-state index in [1.54, 1.807) is 24.1 Å². The zero-order chi connectivity index (χ0) is 14.9. The smallest absolute Gasteiger partial charge is 0.240 e. The van der Waals surface area contributed by atoms with Gasteiger partial charge in [-0.15, -0.1) is 0 Å². The van der Waals surface area contributed by atoms with E-state index >= 15 is 0 Å². The van der Waals surface area contributed by atoms with Crippen LogP contribution >= 0.6 is 0 Å². The second-order valence-electron chi connectivity index (χ2n) is 4.67. The highest BCUT2D eigenvalue weighted by atomic mass is 32.2. The Hall–Kier alpha value is -2.05. The predicted octanol–water partition coefficient (Wildman–Crippen LogP) is 1.99. The summed E-state index contributed by atoms with van der Waals surface area (Å²) in [5.41, 5.74) is 8.46. The minimum absolute atomic E-state index is 0.0153. The fourth-order valence-electron chi connectivity index (χ4n) is 2.01. The van der Waals surface area contributed by atoms with Crippen LogP contribution in [-0.2, 0) is 10.0 Å². The third-order valence-electron chi connectivity index (χ3n) is 3.04. The summed E-state index contributed by atoms with van der Waals surface area (Å²) in [6, 6.07) is 12.4. The van der Waals surface area contributed by atoms with Crippen molar-refractivity contribution >= 4 is 27.1 Å². The molecule has 0 aliphatic carbocycles. The van der Waals surface area contributed by atoms with Gasteiger partial charge in [0.05, 0.1) is 5.69 Å². The molecule has 0 fully saturated rings. The SMILES string of the molecule is Cc1cccc(N(C)c2ccc(N)cc2S(N)(=O)=O)c1. The molecule has 106 valence electrons. The van der Waals surface area contributed by atoms with Gasteiger partial charge in [-0.2, -0.15) is 0 Å². The minimum atomic E-state index is -3.84. The Balaban J connectivity index is 2.58. The molecule has 0 aliphatic heterocycles. The van der Waals surface area contributed by atoms with Gasteiger partial charge in [-0.05, 0) is 42.8 Å². The van der Waals surface area contributed by atoms with E-state index in [-0.39, 0.29) is 4.90 Å². The topological polar surface area (TPSA) is 89.4 Å². The standard InChI is InChI=1S/C14H17N3O2S/c1-10-4-3-5-12(8-10)17(2)13-7-6-11(15)9-14(13)20(16,18)19/h3-9H,15H2,1-2H3,(H2,16,18,19). The van der Waals surface area contributed by atoms with Gasteiger partial charge in [0.15, 0.2) is 0 Å². The summed E-state index contributed by atoms with van der Waals surface area (Å²) >= 11 is 0. The zero-order valence-corrected chi connectivity index (χ0v) is 12.2. The third-order valence-corrected chi connectivity index (χ3v) is 3.98. The lowest BCUT2D eigenvalue weighted by Crippen LogP contribution is -2.19. The largest absolute Gasteiger partial charge is 0.399 e. The molecule has 0 spiro atoms. The van der Waals surface area contributed by atoms with Crippen molar-refractivity contribution in [3.05, 3.63) is 48.0 Å². The highest BCUT2D eigenvalue weighted by Crippen LogP contribution is 2.31. The molecule has 20 heavy (non-hydrogen) atoms. The van der Waals surface area contributed by atoms with Crippen LogP contribution in [0.25, 0.3) is 0 Å². The van der Waals surface area contributed by atoms with Crippen LogP contribution in [0.2, 0.25) is 0 Å². The van der Waals surface area contributed by atoms with Crippen molar-refractivity contribution in [2.75, 3.05) is 17.7 Å². The van der Waals surface area contributed by atoms with Crippen LogP contribution in [0.5, 0.6) is 0 Å². The van der Waals surface area contributed by atoms with Crippen molar-refractivity contribution in [3.63, 3.8) is 0 Å². The van der Waals surface area contributed by atoms with Gasteiger partial charge in [-0.3, -0.25) is 0 Å². The maximum absolute atomic E-state index is 11.7. The summed E-state index contributed by atoms with van der Waals surface area (Å²) in [6.45, 7) is 1.97. The quantitative estimate of drug-likeness (QED) is 0.846. The van der Waals surface area contributed by atoms with Gasteiger partial charge in [0.1, 0.15) is 4.90 Å². The van der Waals surface area contributed by atoms with Crippen molar-refractivity contribution < 1.29 is 8.42 Å². The van der Waals surface area contributed by atoms with Crippen molar-refractivity contribution in [2.24, 2.45) is 5.14 Å². The molecule has 2 aromatic rings. The first-order chi connectivity index (χ1) is 9.29. The van der Waals surface area contributed by atoms with Crippen molar-refractivity contribution in [2.45, 2.75) is 11.8 Å². The number of aryl methyl sites for hydroxylation is 1. The number of benzene rings is 2. The average Bonchev–Trinajstić information content (AvgIpc) is 2.37. The number of hydrogen-bond donors (Lipinski definition) is 2. The Morgan fingerprint density at radius 1 is 1.10 bits per heavy atom. The molecule has 0 radical (unpaired) electrons. The van der Waals surface area contributed by atoms with Crippen LogP contribution in [-0.4, -0.2) is 15.5 Å². The normalized spacial score (nSPS) is 11.3. The number of primary sulfonamides is 1. The first-order valence-electron chi connectivity index (χ1n) is 6.02. The fraction of sp³-hybridized carbons (Fsp3) is 0.143. The number of sulfonamides is 1. The highest BCUT2D eigenvalue weighted by Gasteiger charge is 2.18. The highest BCUT2D eigenvalue weighted by molar-refractivity contribution is 7.89. The van der Waals surface area contributed by atoms with Gasteiger partial charge in [0.2, 0.25) is 10.0 Å². The molecule has 0 amide bonds. The second-order valence-corrected chi connectivity index (χ2v) is 6.20. The number of rotatable bonds is 3. The van der Waals surface area contributed by atoms with Gasteiger partial charge in [0, 0.05) is 18.4 Å². The second kappa shape index (κ2) is 5.15. The summed E-state index contributed by atoms with van der Waals surface area (Å²) in [4.78, 5) is 1.79. The van der Waals surface area contributed by atoms with E-state index in [0.717, 1.165) is 11.3 Å². The monoisotopic (exact) mass is 291 g/mol. The molecule has 0 bridgehead atoms. The van der Waals surface area contributed by atoms with Gasteiger partial charge < -0.3 is 10.6 Å². The summed E-state index contributed by atoms with van der Waals surface area (Å²) < 4.78 is 23.4. The molecule has 5 nitrogen and oxygen atoms in total. The molecule has 6 heteroatoms. The molecule has 0 aliphatic rings. The molecule has 0 heterocycles. The molecular weight excluding hydrogens is 274 g/mol. The Morgan fingerprint density at radius 3 is 2.40 bits per heavy atom. The van der Waals surface area contributed by atoms with E-state index in [9.17, 15) is 8.42 Å². The van der Waals surface area contributed by atoms with Gasteiger partial charge >= 0.3 is 0 Å². The first kappa shape index (κ1) is 14.4. The van der Waals surface area contributed by atoms with Gasteiger partial charge in [-0.1, -0.05) is 12.1 Å². The third kappa shape index (κ3) is 2.92. The van der Waals surface area contributed by atoms with Crippen LogP contribution in [0.15, 0.2) is 47.4 Å². The van der Waals surface area contributed by atoms with E-state index in [1.165, 1.54) is 6.07 Å². The average molecular weight is 291 g/mol. The minimum Gasteiger partial charge on any atom is -0.399 e. The lowest BCUT2D eigenvalue weighted by atomic mass is 10.2. The Morgan fingerprint density at radius 2 is 1.80 bits per heavy atom. The number of nitrogen functional groups attached to an aromatic ring is 1. The Bertz CT molecular complexity index is 742. The maximum atomic E-state index is 11.7. The van der Waals surface area contributed by atoms with Crippen molar-refractivity contribution in [1.82, 2.24) is 0 Å². The fourth-order valence-corrected chi connectivity index (χ4v) is 2.81. The van der Waals surface area contributed by atoms with E-state index in [0.29, 0.717) is 11.4 Å². The summed E-state index contributed by atoms with van der Waals surface area (Å²) in [6.07, 6.45) is 0. The van der Waals surface area contributed by atoms with Crippen LogP contribution in [0.4, 0.5) is 17.1 Å². The molecule has 4 N–H and O–H groups in total. The molecule has 0 saturated heterocycles. The number of hydrogen-bond acceptors (Lipinski definition) is 4. The van der Waals surface area contributed by atoms with Crippen LogP contribution < -0.4 is 15.8 Å². The molecule has 2 aromatic carbocycles. The first-order valence-corrected chi connectivity index (χ1v) is 7.56. The molecule has 2 rings (SSSR count). The lowest BCUT2D eigenvalue weighted by molar-refractivity contribution is 0.598. The lowest BCUT2D eigenvalue weighted by Gasteiger charge is -2.22. The maximum Gasteiger partial charge on any atom is 0.240 e. The predicted molar refractivity (Wildman–Crippen MR) is 81.5 cm³/mol. The van der Waals surface area contributed by atoms with E-state index in [1.807, 2.05) is 31.2 Å². The van der Waals surface area contributed by atoms with Gasteiger partial charge in [-0.25, -0.2) is 13.6 Å². The zero-order valence-electron chi connectivity index (χ0n) is 11.4. The Labute approximate surface area is 118 Å². The summed E-state index contributed by atoms with van der Waals surface area (Å²) in [5.74, 6) is 0. The van der Waals surface area contributed by atoms with Crippen LogP contribution in [0, 0.1) is 6.92 Å². The van der Waals surface area contributed by atoms with E-state index in [4.69, 9.17) is 10.9 Å². The number of anilines is 3. The number of nitrogens with two attached hydrogens (primary N) is 2. The molecular formula is C14H17N3O2S. The molecule has 0 saturated carbocycles. The van der Waals surface area contributed by atoms with Crippen molar-refractivity contribution in [3.8, 4) is 0 Å². The van der Waals surface area contributed by atoms with Crippen LogP contribution in [0.3, 0.4) is 0 Å². The Kier molecular flexibility index (Phi) is 3.69. The van der Waals surface area contributed by atoms with Gasteiger partial charge in [0.25, 0.3) is 0 Å². The summed E-state index contributed by atoms with van der Waals surface area (Å²) in [7, 11) is -2.05. The molecule has 0 aromatic heterocycles. The number of nitrogens with zero attached hydrogens (tertiary/aromatic N) is 1. The van der Waals surface area contributed by atoms with E-state index < -0.39 is 10.0 Å².